The topological polar surface area (TPSA) is 157 Å². The predicted molar refractivity (Wildman–Crippen MR) is 201 cm³/mol. The number of carbonyl (C=O) groups excluding carboxylic acids is 1. The van der Waals surface area contributed by atoms with Crippen molar-refractivity contribution in [2.24, 2.45) is 0 Å². The van der Waals surface area contributed by atoms with Gasteiger partial charge in [0, 0.05) is 18.2 Å². The van der Waals surface area contributed by atoms with Crippen molar-refractivity contribution in [3.05, 3.63) is 99.7 Å². The number of benzene rings is 3. The van der Waals surface area contributed by atoms with Crippen LogP contribution in [0.2, 0.25) is 5.02 Å². The first-order chi connectivity index (χ1) is 26.3. The van der Waals surface area contributed by atoms with E-state index in [1.165, 1.54) is 6.33 Å². The van der Waals surface area contributed by atoms with E-state index in [0.29, 0.717) is 71.8 Å². The van der Waals surface area contributed by atoms with E-state index in [2.05, 4.69) is 30.9 Å². The molecule has 0 fully saturated rings. The zero-order valence-corrected chi connectivity index (χ0v) is 31.7. The SMILES string of the molecule is CCOC(=O)[C@H]1Cc2cc(ccc2OCc2ccnc(-c3ccccc3OC)n2)OC[C@@H](CO)Oc2ccc(c(C)c2Cl)-c2c(Br)oc3ncnc(c23)O1. The molecule has 4 bridgehead atoms. The van der Waals surface area contributed by atoms with Crippen molar-refractivity contribution in [3.63, 3.8) is 0 Å². The van der Waals surface area contributed by atoms with E-state index in [-0.39, 0.29) is 44.4 Å². The minimum atomic E-state index is -1.20. The molecule has 3 aromatic carbocycles. The van der Waals surface area contributed by atoms with Gasteiger partial charge in [0.2, 0.25) is 17.7 Å². The number of furan rings is 1. The molecule has 278 valence electrons. The number of aliphatic hydroxyl groups is 1. The van der Waals surface area contributed by atoms with Crippen LogP contribution in [0.25, 0.3) is 33.6 Å². The zero-order chi connectivity index (χ0) is 37.8. The minimum Gasteiger partial charge on any atom is -0.496 e. The molecular formula is C39H34BrClN4O9. The van der Waals surface area contributed by atoms with Crippen LogP contribution in [0, 0.1) is 6.92 Å². The number of aromatic nitrogens is 4. The molecule has 0 radical (unpaired) electrons. The molecule has 2 aliphatic heterocycles. The van der Waals surface area contributed by atoms with Gasteiger partial charge >= 0.3 is 5.97 Å². The van der Waals surface area contributed by atoms with Crippen LogP contribution in [0.15, 0.2) is 82.3 Å². The summed E-state index contributed by atoms with van der Waals surface area (Å²) in [6.45, 7) is 3.35. The summed E-state index contributed by atoms with van der Waals surface area (Å²) in [5, 5.41) is 11.0. The summed E-state index contributed by atoms with van der Waals surface area (Å²) in [5.74, 6) is 1.79. The quantitative estimate of drug-likeness (QED) is 0.152. The van der Waals surface area contributed by atoms with Crippen molar-refractivity contribution < 1.29 is 42.7 Å². The lowest BCUT2D eigenvalue weighted by Crippen LogP contribution is -2.32. The van der Waals surface area contributed by atoms with Gasteiger partial charge in [0.15, 0.2) is 16.6 Å². The maximum absolute atomic E-state index is 13.6. The maximum atomic E-state index is 13.6. The molecule has 2 aliphatic rings. The van der Waals surface area contributed by atoms with Crippen LogP contribution < -0.4 is 23.7 Å². The average molecular weight is 818 g/mol. The zero-order valence-electron chi connectivity index (χ0n) is 29.4. The molecule has 15 heteroatoms. The Hall–Kier alpha value is -5.44. The Morgan fingerprint density at radius 3 is 2.70 bits per heavy atom. The predicted octanol–water partition coefficient (Wildman–Crippen LogP) is 7.34. The molecule has 8 rings (SSSR count). The molecule has 0 aliphatic carbocycles. The lowest BCUT2D eigenvalue weighted by Gasteiger charge is -2.21. The molecule has 0 spiro atoms. The van der Waals surface area contributed by atoms with E-state index in [1.807, 2.05) is 37.3 Å². The summed E-state index contributed by atoms with van der Waals surface area (Å²) in [6, 6.07) is 17.9. The monoisotopic (exact) mass is 816 g/mol. The van der Waals surface area contributed by atoms with Gasteiger partial charge in [-0.3, -0.25) is 0 Å². The second kappa shape index (κ2) is 16.3. The van der Waals surface area contributed by atoms with Gasteiger partial charge in [-0.05, 0) is 83.4 Å². The molecule has 0 unspecified atom stereocenters. The number of fused-ring (bicyclic) bond motifs is 7. The Labute approximate surface area is 323 Å². The maximum Gasteiger partial charge on any atom is 0.347 e. The van der Waals surface area contributed by atoms with Gasteiger partial charge in [-0.25, -0.2) is 24.7 Å². The van der Waals surface area contributed by atoms with E-state index in [9.17, 15) is 9.90 Å². The number of ether oxygens (including phenoxy) is 6. The molecule has 0 amide bonds. The molecule has 3 aromatic heterocycles. The Kier molecular flexibility index (Phi) is 11.1. The Morgan fingerprint density at radius 1 is 1.04 bits per heavy atom. The van der Waals surface area contributed by atoms with Crippen molar-refractivity contribution >= 4 is 44.6 Å². The molecule has 0 saturated carbocycles. The fourth-order valence-electron chi connectivity index (χ4n) is 6.00. The third kappa shape index (κ3) is 7.63. The van der Waals surface area contributed by atoms with Gasteiger partial charge in [0.1, 0.15) is 47.9 Å². The largest absolute Gasteiger partial charge is 0.496 e. The molecule has 2 atom stereocenters. The van der Waals surface area contributed by atoms with Crippen molar-refractivity contribution in [2.45, 2.75) is 39.1 Å². The first kappa shape index (κ1) is 36.9. The molecule has 6 aromatic rings. The van der Waals surface area contributed by atoms with Gasteiger partial charge in [-0.15, -0.1) is 0 Å². The summed E-state index contributed by atoms with van der Waals surface area (Å²) >= 11 is 10.4. The van der Waals surface area contributed by atoms with Gasteiger partial charge in [-0.2, -0.15) is 0 Å². The van der Waals surface area contributed by atoms with Gasteiger partial charge in [0.05, 0.1) is 42.2 Å². The third-order valence-corrected chi connectivity index (χ3v) is 9.67. The molecular weight excluding hydrogens is 784 g/mol. The fourth-order valence-corrected chi connectivity index (χ4v) is 6.77. The van der Waals surface area contributed by atoms with Gasteiger partial charge in [0.25, 0.3) is 0 Å². The molecule has 1 N–H and O–H groups in total. The fraction of sp³-hybridized carbons (Fsp3) is 0.256. The van der Waals surface area contributed by atoms with Crippen LogP contribution in [0.1, 0.15) is 23.7 Å². The van der Waals surface area contributed by atoms with E-state index >= 15 is 0 Å². The van der Waals surface area contributed by atoms with Crippen molar-refractivity contribution in [3.8, 4) is 51.4 Å². The second-order valence-corrected chi connectivity index (χ2v) is 13.2. The number of carbonyl (C=O) groups is 1. The van der Waals surface area contributed by atoms with Crippen molar-refractivity contribution in [2.75, 3.05) is 26.9 Å². The second-order valence-electron chi connectivity index (χ2n) is 12.1. The van der Waals surface area contributed by atoms with Crippen molar-refractivity contribution in [1.29, 1.82) is 0 Å². The number of hydrogen-bond acceptors (Lipinski definition) is 13. The van der Waals surface area contributed by atoms with Gasteiger partial charge in [-0.1, -0.05) is 29.8 Å². The standard InChI is InChI=1S/C39H34BrClN4O9/c1-4-49-39(47)31-16-22-15-24(9-11-28(22)51-18-23-13-14-42-36(45-23)27-7-5-6-8-29(27)48-3)50-19-25(17-46)52-30-12-10-26(21(2)34(30)41)32-33-37(53-31)43-20-44-38(33)54-35(32)40/h5-15,20,25,31,46H,4,16-19H2,1-3H3/t25-,31-/m1/s1. The lowest BCUT2D eigenvalue weighted by atomic mass is 10.0. The van der Waals surface area contributed by atoms with Crippen LogP contribution in [0.4, 0.5) is 0 Å². The number of hydrogen-bond donors (Lipinski definition) is 1. The Balaban J connectivity index is 1.29. The molecule has 54 heavy (non-hydrogen) atoms. The average Bonchev–Trinajstić information content (AvgIpc) is 3.53. The number of halogens is 2. The van der Waals surface area contributed by atoms with E-state index in [4.69, 9.17) is 49.4 Å². The normalized spacial score (nSPS) is 15.4. The number of methoxy groups -OCH3 is 1. The van der Waals surface area contributed by atoms with Crippen LogP contribution in [0.3, 0.4) is 0 Å². The van der Waals surface area contributed by atoms with Crippen LogP contribution in [-0.4, -0.2) is 70.2 Å². The highest BCUT2D eigenvalue weighted by Crippen LogP contribution is 2.45. The highest BCUT2D eigenvalue weighted by atomic mass is 79.9. The van der Waals surface area contributed by atoms with Crippen molar-refractivity contribution in [1.82, 2.24) is 19.9 Å². The summed E-state index contributed by atoms with van der Waals surface area (Å²) in [7, 11) is 1.59. The first-order valence-electron chi connectivity index (χ1n) is 16.9. The summed E-state index contributed by atoms with van der Waals surface area (Å²) < 4.78 is 42.4. The molecule has 0 saturated heterocycles. The number of esters is 1. The number of nitrogens with zero attached hydrogens (tertiary/aromatic N) is 4. The van der Waals surface area contributed by atoms with Crippen LogP contribution in [0.5, 0.6) is 28.9 Å². The smallest absolute Gasteiger partial charge is 0.347 e. The van der Waals surface area contributed by atoms with Crippen LogP contribution >= 0.6 is 27.5 Å². The summed E-state index contributed by atoms with van der Waals surface area (Å²) in [5.41, 5.74) is 4.00. The lowest BCUT2D eigenvalue weighted by molar-refractivity contribution is -0.151. The van der Waals surface area contributed by atoms with E-state index < -0.39 is 18.2 Å². The van der Waals surface area contributed by atoms with E-state index in [1.54, 1.807) is 50.6 Å². The molecule has 5 heterocycles. The Bertz CT molecular complexity index is 2320. The Morgan fingerprint density at radius 2 is 1.89 bits per heavy atom. The third-order valence-electron chi connectivity index (χ3n) is 8.64. The number of para-hydroxylation sites is 1. The van der Waals surface area contributed by atoms with Gasteiger partial charge < -0.3 is 37.9 Å². The minimum absolute atomic E-state index is 0.0134. The molecule has 13 nitrogen and oxygen atoms in total. The number of aliphatic hydroxyl groups excluding tert-OH is 1. The van der Waals surface area contributed by atoms with Crippen LogP contribution in [-0.2, 0) is 22.6 Å². The first-order valence-corrected chi connectivity index (χ1v) is 18.1. The summed E-state index contributed by atoms with van der Waals surface area (Å²) in [6.07, 6.45) is 0.961. The highest BCUT2D eigenvalue weighted by molar-refractivity contribution is 9.10. The summed E-state index contributed by atoms with van der Waals surface area (Å²) in [4.78, 5) is 31.5. The number of rotatable bonds is 8. The van der Waals surface area contributed by atoms with E-state index in [0.717, 1.165) is 5.56 Å². The highest BCUT2D eigenvalue weighted by Gasteiger charge is 2.30.